The van der Waals surface area contributed by atoms with Gasteiger partial charge in [-0.15, -0.1) is 0 Å². The van der Waals surface area contributed by atoms with Gasteiger partial charge in [-0.05, 0) is 35.8 Å². The molecule has 1 fully saturated rings. The summed E-state index contributed by atoms with van der Waals surface area (Å²) >= 11 is 0. The lowest BCUT2D eigenvalue weighted by Crippen LogP contribution is -2.19. The molecule has 2 rings (SSSR count). The molecule has 1 aromatic rings. The van der Waals surface area contributed by atoms with Crippen molar-refractivity contribution >= 4 is 11.8 Å². The normalized spacial score (nSPS) is 23.7. The highest BCUT2D eigenvalue weighted by Gasteiger charge is 2.41. The maximum Gasteiger partial charge on any atom is 0.303 e. The van der Waals surface area contributed by atoms with Crippen molar-refractivity contribution in [1.29, 1.82) is 0 Å². The van der Waals surface area contributed by atoms with Crippen LogP contribution in [0.3, 0.4) is 0 Å². The maximum absolute atomic E-state index is 12.3. The van der Waals surface area contributed by atoms with Crippen molar-refractivity contribution < 1.29 is 19.8 Å². The van der Waals surface area contributed by atoms with Crippen LogP contribution in [0.1, 0.15) is 69.9 Å². The third-order valence-electron chi connectivity index (χ3n) is 5.15. The zero-order valence-electron chi connectivity index (χ0n) is 15.9. The van der Waals surface area contributed by atoms with E-state index in [0.717, 1.165) is 5.56 Å². The van der Waals surface area contributed by atoms with Gasteiger partial charge < -0.3 is 10.2 Å². The Morgan fingerprint density at radius 2 is 1.85 bits per heavy atom. The number of Topliss-reactive ketones (excluding diaryl/α,β-unsaturated/α-hetero) is 1. The molecule has 1 aromatic carbocycles. The van der Waals surface area contributed by atoms with Gasteiger partial charge in [-0.1, -0.05) is 57.2 Å². The fourth-order valence-corrected chi connectivity index (χ4v) is 3.62. The molecule has 2 N–H and O–H groups in total. The van der Waals surface area contributed by atoms with Crippen molar-refractivity contribution in [3.05, 3.63) is 47.5 Å². The smallest absolute Gasteiger partial charge is 0.303 e. The summed E-state index contributed by atoms with van der Waals surface area (Å²) in [6.07, 6.45) is 5.53. The van der Waals surface area contributed by atoms with Crippen LogP contribution in [0.5, 0.6) is 0 Å². The van der Waals surface area contributed by atoms with Crippen LogP contribution in [0, 0.1) is 5.92 Å². The van der Waals surface area contributed by atoms with E-state index >= 15 is 0 Å². The number of carboxylic acid groups (broad SMARTS) is 1. The van der Waals surface area contributed by atoms with Gasteiger partial charge >= 0.3 is 5.97 Å². The van der Waals surface area contributed by atoms with E-state index in [4.69, 9.17) is 5.11 Å². The number of benzene rings is 1. The second-order valence-corrected chi connectivity index (χ2v) is 8.24. The van der Waals surface area contributed by atoms with Gasteiger partial charge in [-0.2, -0.15) is 0 Å². The van der Waals surface area contributed by atoms with E-state index in [2.05, 4.69) is 32.9 Å². The number of ketones is 1. The lowest BCUT2D eigenvalue weighted by atomic mass is 9.82. The highest BCUT2D eigenvalue weighted by atomic mass is 16.4. The van der Waals surface area contributed by atoms with Gasteiger partial charge in [0.05, 0.1) is 6.10 Å². The number of rotatable bonds is 7. The zero-order valence-corrected chi connectivity index (χ0v) is 15.9. The second-order valence-electron chi connectivity index (χ2n) is 8.24. The molecule has 0 radical (unpaired) electrons. The molecule has 3 unspecified atom stereocenters. The van der Waals surface area contributed by atoms with Gasteiger partial charge in [0.25, 0.3) is 0 Å². The summed E-state index contributed by atoms with van der Waals surface area (Å²) in [5.74, 6) is -1.05. The predicted octanol–water partition coefficient (Wildman–Crippen LogP) is 4.22. The van der Waals surface area contributed by atoms with E-state index < -0.39 is 12.1 Å². The molecule has 1 aliphatic carbocycles. The number of carboxylic acids is 1. The standard InChI is InChI=1S/C22H30O4/c1-22(2,3)16-12-10-15(11-13-16)21-17(18(23)14-19(21)24)8-6-4-5-7-9-20(25)26/h4,6,10-13,17,19,21,24H,5,7-9,14H2,1-3H3,(H,25,26)/b6-4+. The highest BCUT2D eigenvalue weighted by Crippen LogP contribution is 2.40. The van der Waals surface area contributed by atoms with E-state index in [-0.39, 0.29) is 35.9 Å². The molecule has 26 heavy (non-hydrogen) atoms. The molecule has 4 heteroatoms. The molecule has 0 saturated heterocycles. The Labute approximate surface area is 155 Å². The topological polar surface area (TPSA) is 74.6 Å². The fourth-order valence-electron chi connectivity index (χ4n) is 3.62. The molecule has 0 aliphatic heterocycles. The molecule has 1 aliphatic rings. The number of aliphatic hydroxyl groups is 1. The van der Waals surface area contributed by atoms with E-state index in [1.807, 2.05) is 24.3 Å². The summed E-state index contributed by atoms with van der Waals surface area (Å²) < 4.78 is 0. The van der Waals surface area contributed by atoms with Gasteiger partial charge in [0.1, 0.15) is 5.78 Å². The number of aliphatic carboxylic acids is 1. The molecule has 0 amide bonds. The Bertz CT molecular complexity index is 652. The number of aliphatic hydroxyl groups excluding tert-OH is 1. The average Bonchev–Trinajstić information content (AvgIpc) is 2.83. The molecule has 0 bridgehead atoms. The summed E-state index contributed by atoms with van der Waals surface area (Å²) in [4.78, 5) is 22.8. The Morgan fingerprint density at radius 1 is 1.19 bits per heavy atom. The maximum atomic E-state index is 12.3. The summed E-state index contributed by atoms with van der Waals surface area (Å²) in [5.41, 5.74) is 2.32. The molecule has 0 spiro atoms. The van der Waals surface area contributed by atoms with E-state index in [1.165, 1.54) is 5.56 Å². The van der Waals surface area contributed by atoms with Gasteiger partial charge in [0.2, 0.25) is 0 Å². The van der Waals surface area contributed by atoms with Crippen molar-refractivity contribution in [1.82, 2.24) is 0 Å². The van der Waals surface area contributed by atoms with E-state index in [1.54, 1.807) is 0 Å². The summed E-state index contributed by atoms with van der Waals surface area (Å²) in [6, 6.07) is 8.25. The number of hydrogen-bond acceptors (Lipinski definition) is 3. The first-order valence-electron chi connectivity index (χ1n) is 9.38. The number of unbranched alkanes of at least 4 members (excludes halogenated alkanes) is 1. The van der Waals surface area contributed by atoms with Gasteiger partial charge in [0.15, 0.2) is 0 Å². The van der Waals surface area contributed by atoms with Crippen molar-refractivity contribution in [3.8, 4) is 0 Å². The SMILES string of the molecule is CC(C)(C)c1ccc(C2C(O)CC(=O)C2C/C=C/CCCC(=O)O)cc1. The minimum Gasteiger partial charge on any atom is -0.481 e. The largest absolute Gasteiger partial charge is 0.481 e. The van der Waals surface area contributed by atoms with Crippen LogP contribution in [-0.4, -0.2) is 28.1 Å². The van der Waals surface area contributed by atoms with Gasteiger partial charge in [0, 0.05) is 24.7 Å². The number of carbonyl (C=O) groups excluding carboxylic acids is 1. The molecular formula is C22H30O4. The quantitative estimate of drug-likeness (QED) is 0.565. The van der Waals surface area contributed by atoms with E-state index in [0.29, 0.717) is 19.3 Å². The molecule has 0 heterocycles. The molecular weight excluding hydrogens is 328 g/mol. The molecule has 1 saturated carbocycles. The monoisotopic (exact) mass is 358 g/mol. The molecule has 3 atom stereocenters. The van der Waals surface area contributed by atoms with Crippen LogP contribution >= 0.6 is 0 Å². The minimum atomic E-state index is -0.786. The molecule has 0 aromatic heterocycles. The van der Waals surface area contributed by atoms with Crippen LogP contribution in [-0.2, 0) is 15.0 Å². The Kier molecular flexibility index (Phi) is 6.76. The second kappa shape index (κ2) is 8.63. The fraction of sp³-hybridized carbons (Fsp3) is 0.545. The van der Waals surface area contributed by atoms with Crippen LogP contribution in [0.4, 0.5) is 0 Å². The van der Waals surface area contributed by atoms with Crippen LogP contribution in [0.15, 0.2) is 36.4 Å². The van der Waals surface area contributed by atoms with Crippen molar-refractivity contribution in [3.63, 3.8) is 0 Å². The first kappa shape index (κ1) is 20.4. The Morgan fingerprint density at radius 3 is 2.42 bits per heavy atom. The van der Waals surface area contributed by atoms with Crippen molar-refractivity contribution in [2.75, 3.05) is 0 Å². The molecule has 4 nitrogen and oxygen atoms in total. The average molecular weight is 358 g/mol. The van der Waals surface area contributed by atoms with E-state index in [9.17, 15) is 14.7 Å². The zero-order chi connectivity index (χ0) is 19.3. The van der Waals surface area contributed by atoms with Gasteiger partial charge in [-0.3, -0.25) is 9.59 Å². The summed E-state index contributed by atoms with van der Waals surface area (Å²) in [6.45, 7) is 6.48. The summed E-state index contributed by atoms with van der Waals surface area (Å²) in [7, 11) is 0. The van der Waals surface area contributed by atoms with Gasteiger partial charge in [-0.25, -0.2) is 0 Å². The third kappa shape index (κ3) is 5.28. The third-order valence-corrected chi connectivity index (χ3v) is 5.15. The number of allylic oxidation sites excluding steroid dienone is 2. The Hall–Kier alpha value is -1.94. The predicted molar refractivity (Wildman–Crippen MR) is 102 cm³/mol. The van der Waals surface area contributed by atoms with Crippen molar-refractivity contribution in [2.24, 2.45) is 5.92 Å². The van der Waals surface area contributed by atoms with Crippen molar-refractivity contribution in [2.45, 2.75) is 70.3 Å². The molecule has 142 valence electrons. The minimum absolute atomic E-state index is 0.0702. The first-order valence-corrected chi connectivity index (χ1v) is 9.38. The summed E-state index contributed by atoms with van der Waals surface area (Å²) in [5, 5.41) is 19.0. The van der Waals surface area contributed by atoms with Crippen LogP contribution < -0.4 is 0 Å². The van der Waals surface area contributed by atoms with Crippen LogP contribution in [0.2, 0.25) is 0 Å². The number of carbonyl (C=O) groups is 2. The first-order chi connectivity index (χ1) is 12.2. The lowest BCUT2D eigenvalue weighted by Gasteiger charge is -2.23. The lowest BCUT2D eigenvalue weighted by molar-refractivity contribution is -0.137. The Balaban J connectivity index is 2.04. The highest BCUT2D eigenvalue weighted by molar-refractivity contribution is 5.85. The number of hydrogen-bond donors (Lipinski definition) is 2. The van der Waals surface area contributed by atoms with Crippen LogP contribution in [0.25, 0.3) is 0 Å².